The SMILES string of the molecule is O=C1Oc2nc1c(-c1ccccc1)c1ccc([nH]1)c(-c1ccccc1)c1ccc([nH]1)c(-c1ccccc1)c1nc(c2-c2ccccc2)C=C1. The fraction of sp³-hybridized carbons (Fsp3) is 0. The van der Waals surface area contributed by atoms with E-state index in [-0.39, 0.29) is 11.6 Å². The van der Waals surface area contributed by atoms with E-state index in [0.717, 1.165) is 61.1 Å². The van der Waals surface area contributed by atoms with Crippen LogP contribution in [0.1, 0.15) is 21.9 Å². The van der Waals surface area contributed by atoms with Crippen LogP contribution >= 0.6 is 0 Å². The number of hydrogen-bond donors (Lipinski definition) is 2. The average molecular weight is 633 g/mol. The molecule has 0 spiro atoms. The molecule has 7 aromatic rings. The molecule has 5 heterocycles. The van der Waals surface area contributed by atoms with Crippen LogP contribution in [0.25, 0.3) is 78.7 Å². The van der Waals surface area contributed by atoms with Gasteiger partial charge < -0.3 is 14.7 Å². The Morgan fingerprint density at radius 2 is 0.796 bits per heavy atom. The minimum Gasteiger partial charge on any atom is -0.402 e. The van der Waals surface area contributed by atoms with Gasteiger partial charge >= 0.3 is 5.97 Å². The van der Waals surface area contributed by atoms with E-state index in [2.05, 4.69) is 52.4 Å². The Morgan fingerprint density at radius 3 is 1.31 bits per heavy atom. The number of benzene rings is 4. The molecule has 2 aliphatic rings. The van der Waals surface area contributed by atoms with Crippen LogP contribution in [-0.2, 0) is 0 Å². The van der Waals surface area contributed by atoms with Gasteiger partial charge in [0, 0.05) is 38.8 Å². The summed E-state index contributed by atoms with van der Waals surface area (Å²) in [4.78, 5) is 31.5. The van der Waals surface area contributed by atoms with E-state index in [9.17, 15) is 4.79 Å². The highest BCUT2D eigenvalue weighted by Gasteiger charge is 2.28. The van der Waals surface area contributed by atoms with E-state index in [4.69, 9.17) is 14.7 Å². The molecule has 2 N–H and O–H groups in total. The number of carbonyl (C=O) groups excluding carboxylic acids is 1. The van der Waals surface area contributed by atoms with Gasteiger partial charge in [-0.25, -0.2) is 14.8 Å². The Labute approximate surface area is 282 Å². The number of nitrogens with one attached hydrogen (secondary N) is 2. The molecule has 0 aliphatic carbocycles. The van der Waals surface area contributed by atoms with Crippen molar-refractivity contribution in [1.82, 2.24) is 19.9 Å². The molecule has 9 rings (SSSR count). The number of carbonyl (C=O) groups is 1. The monoisotopic (exact) mass is 632 g/mol. The highest BCUT2D eigenvalue weighted by molar-refractivity contribution is 6.05. The minimum absolute atomic E-state index is 0.211. The zero-order valence-electron chi connectivity index (χ0n) is 26.2. The summed E-state index contributed by atoms with van der Waals surface area (Å²) in [6.07, 6.45) is 3.98. The van der Waals surface area contributed by atoms with Crippen molar-refractivity contribution >= 4 is 40.2 Å². The zero-order valence-corrected chi connectivity index (χ0v) is 26.2. The van der Waals surface area contributed by atoms with Gasteiger partial charge in [0.25, 0.3) is 0 Å². The molecule has 2 aliphatic heterocycles. The Morgan fingerprint density at radius 1 is 0.408 bits per heavy atom. The maximum atomic E-state index is 13.9. The molecule has 0 saturated carbocycles. The van der Waals surface area contributed by atoms with Gasteiger partial charge in [-0.2, -0.15) is 0 Å². The topological polar surface area (TPSA) is 83.7 Å². The van der Waals surface area contributed by atoms with Crippen LogP contribution in [0.15, 0.2) is 146 Å². The number of hydrogen-bond acceptors (Lipinski definition) is 4. The lowest BCUT2D eigenvalue weighted by atomic mass is 10.0. The number of ether oxygens (including phenoxy) is 1. The number of aromatic nitrogens is 4. The molecule has 0 atom stereocenters. The summed E-state index contributed by atoms with van der Waals surface area (Å²) >= 11 is 0. The Kier molecular flexibility index (Phi) is 6.84. The largest absolute Gasteiger partial charge is 0.402 e. The van der Waals surface area contributed by atoms with Gasteiger partial charge in [-0.1, -0.05) is 121 Å². The van der Waals surface area contributed by atoms with Crippen LogP contribution in [0, 0.1) is 0 Å². The maximum absolute atomic E-state index is 13.9. The molecular weight excluding hydrogens is 604 g/mol. The number of H-pyrrole nitrogens is 2. The molecule has 6 nitrogen and oxygen atoms in total. The standard InChI is InChI=1S/C43H28N4O2/c48-43-41-39(29-17-9-3-10-18-29)35-25-23-33(45-35)37(27-13-5-1-6-14-27)31-21-22-32(44-31)38(28-15-7-2-8-16-28)34-24-26-36(46-34)40(42(47-41)49-43)30-19-11-4-12-20-30/h1-26,44-45H. The fourth-order valence-electron chi connectivity index (χ4n) is 6.70. The van der Waals surface area contributed by atoms with Gasteiger partial charge in [-0.3, -0.25) is 0 Å². The first-order chi connectivity index (χ1) is 24.2. The van der Waals surface area contributed by atoms with Crippen LogP contribution in [0.3, 0.4) is 0 Å². The quantitative estimate of drug-likeness (QED) is 0.189. The van der Waals surface area contributed by atoms with Crippen molar-refractivity contribution in [3.05, 3.63) is 163 Å². The Hall–Kier alpha value is -6.79. The first-order valence-electron chi connectivity index (χ1n) is 16.1. The van der Waals surface area contributed by atoms with E-state index < -0.39 is 5.97 Å². The molecule has 49 heavy (non-hydrogen) atoms. The van der Waals surface area contributed by atoms with Gasteiger partial charge in [0.15, 0.2) is 5.69 Å². The van der Waals surface area contributed by atoms with E-state index >= 15 is 0 Å². The zero-order chi connectivity index (χ0) is 32.7. The van der Waals surface area contributed by atoms with Gasteiger partial charge in [-0.05, 0) is 58.7 Å². The molecular formula is C43H28N4O2. The smallest absolute Gasteiger partial charge is 0.364 e. The van der Waals surface area contributed by atoms with Crippen LogP contribution in [0.5, 0.6) is 5.88 Å². The second-order valence-corrected chi connectivity index (χ2v) is 11.9. The van der Waals surface area contributed by atoms with Crippen molar-refractivity contribution in [2.45, 2.75) is 0 Å². The summed E-state index contributed by atoms with van der Waals surface area (Å²) in [6.45, 7) is 0. The van der Waals surface area contributed by atoms with Gasteiger partial charge in [0.1, 0.15) is 0 Å². The fourth-order valence-corrected chi connectivity index (χ4v) is 6.70. The first-order valence-corrected chi connectivity index (χ1v) is 16.1. The molecule has 0 fully saturated rings. The van der Waals surface area contributed by atoms with E-state index in [1.807, 2.05) is 115 Å². The van der Waals surface area contributed by atoms with Crippen molar-refractivity contribution in [1.29, 1.82) is 0 Å². The number of esters is 1. The summed E-state index contributed by atoms with van der Waals surface area (Å²) in [7, 11) is 0. The highest BCUT2D eigenvalue weighted by atomic mass is 16.5. The lowest BCUT2D eigenvalue weighted by Gasteiger charge is -2.06. The maximum Gasteiger partial charge on any atom is 0.364 e. The second kappa shape index (κ2) is 11.8. The molecule has 0 unspecified atom stereocenters. The lowest BCUT2D eigenvalue weighted by Crippen LogP contribution is -2.04. The summed E-state index contributed by atoms with van der Waals surface area (Å²) in [5.74, 6) is -0.310. The molecule has 0 amide bonds. The van der Waals surface area contributed by atoms with Crippen molar-refractivity contribution in [2.75, 3.05) is 0 Å². The van der Waals surface area contributed by atoms with Crippen LogP contribution < -0.4 is 4.74 Å². The summed E-state index contributed by atoms with van der Waals surface area (Å²) in [6, 6.07) is 48.5. The molecule has 0 saturated heterocycles. The summed E-state index contributed by atoms with van der Waals surface area (Å²) in [5, 5.41) is 0. The normalized spacial score (nSPS) is 12.2. The van der Waals surface area contributed by atoms with Crippen LogP contribution in [0.2, 0.25) is 0 Å². The van der Waals surface area contributed by atoms with Gasteiger partial charge in [0.2, 0.25) is 5.88 Å². The van der Waals surface area contributed by atoms with Crippen molar-refractivity contribution in [3.8, 4) is 50.4 Å². The van der Waals surface area contributed by atoms with Crippen molar-refractivity contribution in [3.63, 3.8) is 0 Å². The molecule has 0 radical (unpaired) electrons. The van der Waals surface area contributed by atoms with Gasteiger partial charge in [-0.15, -0.1) is 0 Å². The number of fused-ring (bicyclic) bond motifs is 8. The number of aromatic amines is 2. The predicted octanol–water partition coefficient (Wildman–Crippen LogP) is 10.4. The minimum atomic E-state index is -0.521. The molecule has 8 bridgehead atoms. The summed E-state index contributed by atoms with van der Waals surface area (Å²) in [5.41, 5.74) is 12.1. The molecule has 232 valence electrons. The van der Waals surface area contributed by atoms with Gasteiger partial charge in [0.05, 0.1) is 17.0 Å². The van der Waals surface area contributed by atoms with Crippen LogP contribution in [0.4, 0.5) is 0 Å². The second-order valence-electron chi connectivity index (χ2n) is 11.9. The lowest BCUT2D eigenvalue weighted by molar-refractivity contribution is 0.0755. The van der Waals surface area contributed by atoms with E-state index in [1.54, 1.807) is 0 Å². The van der Waals surface area contributed by atoms with E-state index in [1.165, 1.54) is 0 Å². The predicted molar refractivity (Wildman–Crippen MR) is 197 cm³/mol. The number of nitrogens with zero attached hydrogens (tertiary/aromatic N) is 2. The van der Waals surface area contributed by atoms with Crippen molar-refractivity contribution < 1.29 is 9.53 Å². The number of rotatable bonds is 4. The highest BCUT2D eigenvalue weighted by Crippen LogP contribution is 2.40. The third kappa shape index (κ3) is 5.03. The summed E-state index contributed by atoms with van der Waals surface area (Å²) < 4.78 is 6.05. The first kappa shape index (κ1) is 28.4. The third-order valence-corrected chi connectivity index (χ3v) is 8.90. The molecule has 3 aromatic heterocycles. The molecule has 6 heteroatoms. The molecule has 4 aromatic carbocycles. The van der Waals surface area contributed by atoms with E-state index in [0.29, 0.717) is 16.8 Å². The Bertz CT molecular complexity index is 2570. The van der Waals surface area contributed by atoms with Crippen LogP contribution in [-0.4, -0.2) is 25.9 Å². The average Bonchev–Trinajstić information content (AvgIpc) is 3.98. The Balaban J connectivity index is 1.50. The van der Waals surface area contributed by atoms with Crippen molar-refractivity contribution in [2.24, 2.45) is 0 Å². The third-order valence-electron chi connectivity index (χ3n) is 8.90.